The van der Waals surface area contributed by atoms with Gasteiger partial charge in [0.1, 0.15) is 0 Å². The number of esters is 2. The molecule has 1 N–H and O–H groups in total. The van der Waals surface area contributed by atoms with Crippen molar-refractivity contribution in [2.75, 3.05) is 19.6 Å². The number of methoxy groups -OCH3 is 2. The van der Waals surface area contributed by atoms with Gasteiger partial charge in [0.25, 0.3) is 5.71 Å². The molecule has 0 saturated heterocycles. The van der Waals surface area contributed by atoms with Gasteiger partial charge in [0.05, 0.1) is 19.9 Å². The number of hydrazone groups is 1. The zero-order valence-electron chi connectivity index (χ0n) is 9.77. The van der Waals surface area contributed by atoms with E-state index in [9.17, 15) is 9.59 Å². The Morgan fingerprint density at radius 3 is 2.22 bits per heavy atom. The van der Waals surface area contributed by atoms with Crippen LogP contribution in [0.15, 0.2) is 33.8 Å². The molecular weight excluding hydrogens is 304 g/mol. The predicted octanol–water partition coefficient (Wildman–Crippen LogP) is 1.56. The molecule has 0 radical (unpaired) electrons. The van der Waals surface area contributed by atoms with Crippen molar-refractivity contribution in [3.63, 3.8) is 0 Å². The minimum atomic E-state index is -0.874. The van der Waals surface area contributed by atoms with E-state index in [-0.39, 0.29) is 0 Å². The Labute approximate surface area is 112 Å². The van der Waals surface area contributed by atoms with E-state index in [0.717, 1.165) is 18.7 Å². The fourth-order valence-electron chi connectivity index (χ4n) is 1.04. The minimum Gasteiger partial charge on any atom is -0.464 e. The number of nitrogens with zero attached hydrogens (tertiary/aromatic N) is 1. The lowest BCUT2D eigenvalue weighted by molar-refractivity contribution is -0.138. The molecule has 0 amide bonds. The van der Waals surface area contributed by atoms with Gasteiger partial charge in [-0.25, -0.2) is 9.59 Å². The fraction of sp³-hybridized carbons (Fsp3) is 0.182. The maximum atomic E-state index is 11.3. The number of nitrogens with one attached hydrogen (secondary N) is 1. The van der Waals surface area contributed by atoms with Crippen LogP contribution in [0.1, 0.15) is 0 Å². The van der Waals surface area contributed by atoms with Crippen LogP contribution in [0.5, 0.6) is 0 Å². The summed E-state index contributed by atoms with van der Waals surface area (Å²) in [5.41, 5.74) is 2.72. The van der Waals surface area contributed by atoms with Crippen LogP contribution in [0.2, 0.25) is 0 Å². The number of hydrogen-bond donors (Lipinski definition) is 1. The number of carbonyl (C=O) groups is 2. The van der Waals surface area contributed by atoms with E-state index in [2.05, 4.69) is 35.9 Å². The van der Waals surface area contributed by atoms with E-state index < -0.39 is 17.7 Å². The number of ether oxygens (including phenoxy) is 2. The summed E-state index contributed by atoms with van der Waals surface area (Å²) in [6, 6.07) is 7.10. The third-order valence-corrected chi connectivity index (χ3v) is 2.61. The summed E-state index contributed by atoms with van der Waals surface area (Å²) in [7, 11) is 2.30. The number of hydrogen-bond acceptors (Lipinski definition) is 6. The number of halogens is 1. The molecule has 0 aromatic heterocycles. The average molecular weight is 315 g/mol. The zero-order valence-corrected chi connectivity index (χ0v) is 11.4. The van der Waals surface area contributed by atoms with Crippen LogP contribution in [0.4, 0.5) is 5.69 Å². The molecular formula is C11H11BrN2O4. The molecule has 0 atom stereocenters. The summed E-state index contributed by atoms with van der Waals surface area (Å²) in [6.07, 6.45) is 0. The van der Waals surface area contributed by atoms with Gasteiger partial charge in [0, 0.05) is 4.47 Å². The minimum absolute atomic E-state index is 0.462. The maximum absolute atomic E-state index is 11.3. The summed E-state index contributed by atoms with van der Waals surface area (Å²) in [5.74, 6) is -1.75. The van der Waals surface area contributed by atoms with Gasteiger partial charge in [-0.05, 0) is 28.1 Å². The Hall–Kier alpha value is -1.89. The quantitative estimate of drug-likeness (QED) is 0.395. The van der Waals surface area contributed by atoms with Crippen molar-refractivity contribution in [3.8, 4) is 0 Å². The number of rotatable bonds is 4. The van der Waals surface area contributed by atoms with Crippen LogP contribution in [0.3, 0.4) is 0 Å². The Kier molecular flexibility index (Phi) is 5.31. The molecule has 0 spiro atoms. The van der Waals surface area contributed by atoms with Gasteiger partial charge >= 0.3 is 11.9 Å². The van der Waals surface area contributed by atoms with E-state index in [4.69, 9.17) is 0 Å². The summed E-state index contributed by atoms with van der Waals surface area (Å²) >= 11 is 3.29. The highest BCUT2D eigenvalue weighted by molar-refractivity contribution is 9.10. The van der Waals surface area contributed by atoms with Crippen LogP contribution in [-0.4, -0.2) is 31.9 Å². The monoisotopic (exact) mass is 314 g/mol. The summed E-state index contributed by atoms with van der Waals surface area (Å²) < 4.78 is 9.60. The largest absolute Gasteiger partial charge is 0.464 e. The fourth-order valence-corrected chi connectivity index (χ4v) is 1.41. The molecule has 1 aromatic carbocycles. The van der Waals surface area contributed by atoms with Gasteiger partial charge in [0.15, 0.2) is 0 Å². The standard InChI is InChI=1S/C11H11BrN2O4/c1-17-10(15)9(11(16)18-2)14-13-8-6-4-3-5-7(8)12/h3-6,13H,1-2H3. The third kappa shape index (κ3) is 3.56. The van der Waals surface area contributed by atoms with Crippen LogP contribution in [0, 0.1) is 0 Å². The number of anilines is 1. The second-order valence-corrected chi connectivity index (χ2v) is 3.89. The topological polar surface area (TPSA) is 77.0 Å². The highest BCUT2D eigenvalue weighted by Gasteiger charge is 2.22. The zero-order chi connectivity index (χ0) is 13.5. The molecule has 1 rings (SSSR count). The van der Waals surface area contributed by atoms with Crippen LogP contribution in [0.25, 0.3) is 0 Å². The highest BCUT2D eigenvalue weighted by Crippen LogP contribution is 2.20. The van der Waals surface area contributed by atoms with Crippen molar-refractivity contribution in [1.29, 1.82) is 0 Å². The van der Waals surface area contributed by atoms with Crippen molar-refractivity contribution in [2.24, 2.45) is 5.10 Å². The van der Waals surface area contributed by atoms with E-state index in [1.165, 1.54) is 0 Å². The first-order valence-corrected chi connectivity index (χ1v) is 5.64. The lowest BCUT2D eigenvalue weighted by Gasteiger charge is -2.05. The second kappa shape index (κ2) is 6.75. The SMILES string of the molecule is COC(=O)C(=NNc1ccccc1Br)C(=O)OC. The molecule has 7 heteroatoms. The number of para-hydroxylation sites is 1. The Bertz CT molecular complexity index is 470. The lowest BCUT2D eigenvalue weighted by Crippen LogP contribution is -2.27. The van der Waals surface area contributed by atoms with Crippen molar-refractivity contribution in [2.45, 2.75) is 0 Å². The first-order chi connectivity index (χ1) is 8.60. The molecule has 96 valence electrons. The van der Waals surface area contributed by atoms with E-state index in [1.54, 1.807) is 18.2 Å². The average Bonchev–Trinajstić information content (AvgIpc) is 2.40. The molecule has 0 unspecified atom stereocenters. The molecule has 18 heavy (non-hydrogen) atoms. The van der Waals surface area contributed by atoms with Crippen LogP contribution < -0.4 is 5.43 Å². The predicted molar refractivity (Wildman–Crippen MR) is 69.2 cm³/mol. The normalized spacial score (nSPS) is 9.28. The van der Waals surface area contributed by atoms with Crippen LogP contribution >= 0.6 is 15.9 Å². The Balaban J connectivity index is 2.94. The van der Waals surface area contributed by atoms with Gasteiger partial charge in [-0.3, -0.25) is 5.43 Å². The maximum Gasteiger partial charge on any atom is 0.366 e. The molecule has 0 aliphatic heterocycles. The molecule has 0 fully saturated rings. The van der Waals surface area contributed by atoms with Gasteiger partial charge in [0.2, 0.25) is 0 Å². The van der Waals surface area contributed by atoms with Crippen molar-refractivity contribution < 1.29 is 19.1 Å². The lowest BCUT2D eigenvalue weighted by atomic mass is 10.3. The Morgan fingerprint density at radius 1 is 1.17 bits per heavy atom. The van der Waals surface area contributed by atoms with Gasteiger partial charge in [-0.2, -0.15) is 5.10 Å². The molecule has 0 saturated carbocycles. The molecule has 6 nitrogen and oxygen atoms in total. The van der Waals surface area contributed by atoms with Crippen LogP contribution in [-0.2, 0) is 19.1 Å². The first kappa shape index (κ1) is 14.2. The van der Waals surface area contributed by atoms with E-state index in [1.807, 2.05) is 6.07 Å². The van der Waals surface area contributed by atoms with E-state index >= 15 is 0 Å². The number of carbonyl (C=O) groups excluding carboxylic acids is 2. The highest BCUT2D eigenvalue weighted by atomic mass is 79.9. The smallest absolute Gasteiger partial charge is 0.366 e. The Morgan fingerprint density at radius 2 is 1.72 bits per heavy atom. The molecule has 0 aliphatic rings. The third-order valence-electron chi connectivity index (χ3n) is 1.92. The summed E-state index contributed by atoms with van der Waals surface area (Å²) in [4.78, 5) is 22.6. The summed E-state index contributed by atoms with van der Waals surface area (Å²) in [5, 5.41) is 3.68. The molecule has 0 heterocycles. The van der Waals surface area contributed by atoms with Gasteiger partial charge in [-0.15, -0.1) is 0 Å². The second-order valence-electron chi connectivity index (χ2n) is 3.04. The molecule has 0 bridgehead atoms. The van der Waals surface area contributed by atoms with Crippen molar-refractivity contribution >= 4 is 39.3 Å². The van der Waals surface area contributed by atoms with E-state index in [0.29, 0.717) is 5.69 Å². The van der Waals surface area contributed by atoms with Gasteiger partial charge in [-0.1, -0.05) is 12.1 Å². The van der Waals surface area contributed by atoms with Crippen molar-refractivity contribution in [3.05, 3.63) is 28.7 Å². The molecule has 1 aromatic rings. The van der Waals surface area contributed by atoms with Gasteiger partial charge < -0.3 is 9.47 Å². The first-order valence-electron chi connectivity index (χ1n) is 4.85. The molecule has 0 aliphatic carbocycles. The van der Waals surface area contributed by atoms with Crippen molar-refractivity contribution in [1.82, 2.24) is 0 Å². The summed E-state index contributed by atoms with van der Waals surface area (Å²) in [6.45, 7) is 0. The number of benzene rings is 1.